The summed E-state index contributed by atoms with van der Waals surface area (Å²) in [4.78, 5) is 0. The van der Waals surface area contributed by atoms with Crippen molar-refractivity contribution in [1.29, 1.82) is 0 Å². The van der Waals surface area contributed by atoms with E-state index in [9.17, 15) is 8.78 Å². The smallest absolute Gasteiger partial charge is 0.250 e. The van der Waals surface area contributed by atoms with Crippen LogP contribution >= 0.6 is 0 Å². The first-order valence-electron chi connectivity index (χ1n) is 5.33. The molecule has 1 nitrogen and oxygen atoms in total. The number of hydrogen-bond donors (Lipinski definition) is 1. The lowest BCUT2D eigenvalue weighted by Crippen LogP contribution is -2.20. The Labute approximate surface area is 88.5 Å². The number of nitrogens with one attached hydrogen (secondary N) is 1. The minimum atomic E-state index is -2.27. The third-order valence-electron chi connectivity index (χ3n) is 2.63. The fourth-order valence-corrected chi connectivity index (χ4v) is 1.70. The summed E-state index contributed by atoms with van der Waals surface area (Å²) in [6.45, 7) is 0.304. The highest BCUT2D eigenvalue weighted by Crippen LogP contribution is 2.40. The molecule has 0 aromatic heterocycles. The van der Waals surface area contributed by atoms with E-state index in [0.29, 0.717) is 6.54 Å². The van der Waals surface area contributed by atoms with Crippen LogP contribution in [0.5, 0.6) is 0 Å². The van der Waals surface area contributed by atoms with E-state index in [1.807, 2.05) is 12.1 Å². The van der Waals surface area contributed by atoms with Crippen LogP contribution < -0.4 is 5.32 Å². The number of hydrogen-bond acceptors (Lipinski definition) is 1. The molecule has 15 heavy (non-hydrogen) atoms. The third-order valence-corrected chi connectivity index (χ3v) is 2.63. The average Bonchev–Trinajstić information content (AvgIpc) is 3.01. The molecule has 0 amide bonds. The van der Waals surface area contributed by atoms with Crippen LogP contribution in [0.15, 0.2) is 24.3 Å². The molecule has 0 bridgehead atoms. The fraction of sp³-hybridized carbons (Fsp3) is 0.500. The summed E-state index contributed by atoms with van der Waals surface area (Å²) < 4.78 is 23.8. The first-order chi connectivity index (χ1) is 7.25. The van der Waals surface area contributed by atoms with Crippen molar-refractivity contribution in [3.05, 3.63) is 35.4 Å². The third kappa shape index (κ3) is 3.27. The Morgan fingerprint density at radius 3 is 2.80 bits per heavy atom. The largest absolute Gasteiger partial charge is 0.307 e. The molecule has 1 aliphatic rings. The predicted octanol–water partition coefficient (Wildman–Crippen LogP) is 2.92. The number of benzene rings is 1. The van der Waals surface area contributed by atoms with Crippen molar-refractivity contribution in [3.63, 3.8) is 0 Å². The quantitative estimate of drug-likeness (QED) is 0.789. The van der Waals surface area contributed by atoms with E-state index in [1.165, 1.54) is 18.4 Å². The van der Waals surface area contributed by atoms with E-state index in [0.717, 1.165) is 11.5 Å². The summed E-state index contributed by atoms with van der Waals surface area (Å²) in [6.07, 6.45) is 0.276. The van der Waals surface area contributed by atoms with Gasteiger partial charge in [-0.1, -0.05) is 24.3 Å². The SMILES string of the molecule is FC(F)CNCc1cccc(C2CC2)c1. The van der Waals surface area contributed by atoms with Crippen molar-refractivity contribution in [2.24, 2.45) is 0 Å². The van der Waals surface area contributed by atoms with E-state index in [4.69, 9.17) is 0 Å². The lowest BCUT2D eigenvalue weighted by Gasteiger charge is -2.06. The van der Waals surface area contributed by atoms with Gasteiger partial charge in [-0.15, -0.1) is 0 Å². The van der Waals surface area contributed by atoms with E-state index >= 15 is 0 Å². The van der Waals surface area contributed by atoms with Gasteiger partial charge < -0.3 is 5.32 Å². The Bertz CT molecular complexity index is 321. The van der Waals surface area contributed by atoms with Gasteiger partial charge in [-0.25, -0.2) is 8.78 Å². The zero-order valence-electron chi connectivity index (χ0n) is 8.55. The molecule has 0 unspecified atom stereocenters. The van der Waals surface area contributed by atoms with E-state index < -0.39 is 6.43 Å². The number of alkyl halides is 2. The lowest BCUT2D eigenvalue weighted by molar-refractivity contribution is 0.145. The second-order valence-corrected chi connectivity index (χ2v) is 4.04. The Balaban J connectivity index is 1.87. The summed E-state index contributed by atoms with van der Waals surface area (Å²) in [5.74, 6) is 0.722. The van der Waals surface area contributed by atoms with Gasteiger partial charge in [0.05, 0.1) is 6.54 Å². The molecule has 2 rings (SSSR count). The normalized spacial score (nSPS) is 15.9. The molecule has 82 valence electrons. The van der Waals surface area contributed by atoms with Crippen LogP contribution in [0.2, 0.25) is 0 Å². The van der Waals surface area contributed by atoms with Crippen LogP contribution in [0, 0.1) is 0 Å². The molecule has 0 heterocycles. The fourth-order valence-electron chi connectivity index (χ4n) is 1.70. The zero-order valence-corrected chi connectivity index (χ0v) is 8.55. The van der Waals surface area contributed by atoms with E-state index in [-0.39, 0.29) is 6.54 Å². The van der Waals surface area contributed by atoms with Crippen molar-refractivity contribution in [1.82, 2.24) is 5.32 Å². The van der Waals surface area contributed by atoms with Gasteiger partial charge in [0, 0.05) is 6.54 Å². The van der Waals surface area contributed by atoms with Crippen molar-refractivity contribution in [2.45, 2.75) is 31.7 Å². The minimum absolute atomic E-state index is 0.229. The highest BCUT2D eigenvalue weighted by Gasteiger charge is 2.23. The predicted molar refractivity (Wildman–Crippen MR) is 56.1 cm³/mol. The van der Waals surface area contributed by atoms with Gasteiger partial charge >= 0.3 is 0 Å². The maximum Gasteiger partial charge on any atom is 0.250 e. The van der Waals surface area contributed by atoms with E-state index in [2.05, 4.69) is 17.4 Å². The van der Waals surface area contributed by atoms with Crippen molar-refractivity contribution >= 4 is 0 Å². The Morgan fingerprint density at radius 2 is 2.13 bits per heavy atom. The van der Waals surface area contributed by atoms with Crippen molar-refractivity contribution in [3.8, 4) is 0 Å². The molecule has 1 aromatic rings. The molecule has 1 saturated carbocycles. The first kappa shape index (κ1) is 10.6. The van der Waals surface area contributed by atoms with Crippen LogP contribution in [0.3, 0.4) is 0 Å². The topological polar surface area (TPSA) is 12.0 Å². The van der Waals surface area contributed by atoms with Crippen molar-refractivity contribution < 1.29 is 8.78 Å². The van der Waals surface area contributed by atoms with Gasteiger partial charge in [-0.2, -0.15) is 0 Å². The van der Waals surface area contributed by atoms with Gasteiger partial charge in [-0.3, -0.25) is 0 Å². The van der Waals surface area contributed by atoms with Gasteiger partial charge in [0.25, 0.3) is 6.43 Å². The molecular formula is C12H15F2N. The van der Waals surface area contributed by atoms with Gasteiger partial charge in [0.2, 0.25) is 0 Å². The number of halogens is 2. The average molecular weight is 211 g/mol. The summed E-state index contributed by atoms with van der Waals surface area (Å²) >= 11 is 0. The first-order valence-corrected chi connectivity index (χ1v) is 5.33. The minimum Gasteiger partial charge on any atom is -0.307 e. The van der Waals surface area contributed by atoms with Gasteiger partial charge in [0.1, 0.15) is 0 Å². The summed E-state index contributed by atoms with van der Waals surface area (Å²) in [5.41, 5.74) is 2.45. The molecule has 1 fully saturated rings. The van der Waals surface area contributed by atoms with Crippen LogP contribution in [-0.4, -0.2) is 13.0 Å². The molecular weight excluding hydrogens is 196 g/mol. The highest BCUT2D eigenvalue weighted by atomic mass is 19.3. The number of rotatable bonds is 5. The maximum atomic E-state index is 11.9. The Morgan fingerprint density at radius 1 is 1.33 bits per heavy atom. The highest BCUT2D eigenvalue weighted by molar-refractivity contribution is 5.29. The van der Waals surface area contributed by atoms with Crippen LogP contribution in [0.25, 0.3) is 0 Å². The zero-order chi connectivity index (χ0) is 10.7. The standard InChI is InChI=1S/C12H15F2N/c13-12(14)8-15-7-9-2-1-3-11(6-9)10-4-5-10/h1-3,6,10,12,15H,4-5,7-8H2. The molecule has 0 radical (unpaired) electrons. The van der Waals surface area contributed by atoms with Crippen LogP contribution in [-0.2, 0) is 6.54 Å². The summed E-state index contributed by atoms with van der Waals surface area (Å²) in [7, 11) is 0. The van der Waals surface area contributed by atoms with Crippen LogP contribution in [0.1, 0.15) is 29.9 Å². The molecule has 0 atom stereocenters. The lowest BCUT2D eigenvalue weighted by atomic mass is 10.1. The summed E-state index contributed by atoms with van der Waals surface area (Å²) in [6, 6.07) is 8.22. The molecule has 1 aromatic carbocycles. The maximum absolute atomic E-state index is 11.9. The molecule has 0 saturated heterocycles. The second kappa shape index (κ2) is 4.71. The van der Waals surface area contributed by atoms with Gasteiger partial charge in [-0.05, 0) is 29.9 Å². The van der Waals surface area contributed by atoms with Crippen molar-refractivity contribution in [2.75, 3.05) is 6.54 Å². The molecule has 3 heteroatoms. The Hall–Kier alpha value is -0.960. The van der Waals surface area contributed by atoms with E-state index in [1.54, 1.807) is 0 Å². The Kier molecular flexibility index (Phi) is 3.31. The molecule has 1 aliphatic carbocycles. The monoisotopic (exact) mass is 211 g/mol. The van der Waals surface area contributed by atoms with Crippen LogP contribution in [0.4, 0.5) is 8.78 Å². The molecule has 0 spiro atoms. The second-order valence-electron chi connectivity index (χ2n) is 4.04. The molecule has 1 N–H and O–H groups in total. The molecule has 0 aliphatic heterocycles. The summed E-state index contributed by atoms with van der Waals surface area (Å²) in [5, 5.41) is 2.74. The van der Waals surface area contributed by atoms with Gasteiger partial charge in [0.15, 0.2) is 0 Å².